The van der Waals surface area contributed by atoms with Crippen molar-refractivity contribution in [3.8, 4) is 0 Å². The molecule has 140 valence electrons. The van der Waals surface area contributed by atoms with E-state index in [-0.39, 0.29) is 24.0 Å². The van der Waals surface area contributed by atoms with Crippen LogP contribution in [0.3, 0.4) is 0 Å². The van der Waals surface area contributed by atoms with Crippen LogP contribution in [-0.4, -0.2) is 39.1 Å². The van der Waals surface area contributed by atoms with Gasteiger partial charge in [0.1, 0.15) is 5.82 Å². The first-order valence-electron chi connectivity index (χ1n) is 8.33. The van der Waals surface area contributed by atoms with E-state index in [1.807, 2.05) is 42.6 Å². The van der Waals surface area contributed by atoms with Crippen molar-refractivity contribution in [1.82, 2.24) is 30.2 Å². The van der Waals surface area contributed by atoms with Gasteiger partial charge in [0.05, 0.1) is 17.2 Å². The van der Waals surface area contributed by atoms with Gasteiger partial charge in [0.25, 0.3) is 0 Å². The Balaban J connectivity index is 0.00000243. The van der Waals surface area contributed by atoms with E-state index in [1.54, 1.807) is 18.4 Å². The monoisotopic (exact) mass is 485 g/mol. The molecule has 3 rings (SSSR count). The molecule has 3 aromatic rings. The average molecular weight is 485 g/mol. The predicted molar refractivity (Wildman–Crippen MR) is 117 cm³/mol. The standard InChI is InChI=1S/C17H23N7S.HI/c1-12-14(25-13(2)21-12)11-20-17(18-3)19-9-6-8-16-23-22-15-7-4-5-10-24(15)16;/h4-5,7,10H,6,8-9,11H2,1-3H3,(H2,18,19,20);1H. The van der Waals surface area contributed by atoms with Gasteiger partial charge in [-0.05, 0) is 32.4 Å². The second-order valence-corrected chi connectivity index (χ2v) is 7.03. The molecule has 9 heteroatoms. The number of guanidine groups is 1. The number of aryl methyl sites for hydroxylation is 3. The van der Waals surface area contributed by atoms with E-state index >= 15 is 0 Å². The van der Waals surface area contributed by atoms with Crippen molar-refractivity contribution in [1.29, 1.82) is 0 Å². The molecule has 0 radical (unpaired) electrons. The van der Waals surface area contributed by atoms with Gasteiger partial charge in [0, 0.05) is 31.1 Å². The van der Waals surface area contributed by atoms with Crippen molar-refractivity contribution < 1.29 is 0 Å². The number of rotatable bonds is 6. The first kappa shape index (κ1) is 20.6. The molecule has 26 heavy (non-hydrogen) atoms. The van der Waals surface area contributed by atoms with Crippen LogP contribution in [0.2, 0.25) is 0 Å². The van der Waals surface area contributed by atoms with Gasteiger partial charge >= 0.3 is 0 Å². The number of thiazole rings is 1. The van der Waals surface area contributed by atoms with Crippen molar-refractivity contribution in [3.63, 3.8) is 0 Å². The molecule has 0 spiro atoms. The van der Waals surface area contributed by atoms with E-state index in [1.165, 1.54) is 4.88 Å². The lowest BCUT2D eigenvalue weighted by Crippen LogP contribution is -2.37. The molecule has 0 aliphatic heterocycles. The minimum Gasteiger partial charge on any atom is -0.356 e. The number of pyridine rings is 1. The Bertz CT molecular complexity index is 871. The highest BCUT2D eigenvalue weighted by atomic mass is 127. The van der Waals surface area contributed by atoms with Crippen molar-refractivity contribution in [2.75, 3.05) is 13.6 Å². The predicted octanol–water partition coefficient (Wildman–Crippen LogP) is 2.72. The van der Waals surface area contributed by atoms with Gasteiger partial charge in [0.15, 0.2) is 11.6 Å². The molecule has 2 N–H and O–H groups in total. The normalized spacial score (nSPS) is 11.4. The summed E-state index contributed by atoms with van der Waals surface area (Å²) in [7, 11) is 1.78. The fraction of sp³-hybridized carbons (Fsp3) is 0.412. The zero-order valence-electron chi connectivity index (χ0n) is 15.2. The molecule has 3 heterocycles. The van der Waals surface area contributed by atoms with Crippen LogP contribution in [-0.2, 0) is 13.0 Å². The second-order valence-electron chi connectivity index (χ2n) is 5.74. The minimum atomic E-state index is 0. The summed E-state index contributed by atoms with van der Waals surface area (Å²) >= 11 is 1.72. The van der Waals surface area contributed by atoms with Crippen LogP contribution >= 0.6 is 35.3 Å². The molecule has 0 aliphatic carbocycles. The summed E-state index contributed by atoms with van der Waals surface area (Å²) in [6.07, 6.45) is 3.81. The van der Waals surface area contributed by atoms with E-state index in [4.69, 9.17) is 0 Å². The molecule has 0 saturated carbocycles. The Kier molecular flexibility index (Phi) is 7.76. The molecule has 3 aromatic heterocycles. The third-order valence-corrected chi connectivity index (χ3v) is 4.97. The molecule has 0 amide bonds. The van der Waals surface area contributed by atoms with Crippen LogP contribution in [0.15, 0.2) is 29.4 Å². The van der Waals surface area contributed by atoms with E-state index in [0.29, 0.717) is 0 Å². The number of nitrogens with zero attached hydrogens (tertiary/aromatic N) is 5. The Morgan fingerprint density at radius 3 is 2.81 bits per heavy atom. The number of aromatic nitrogens is 4. The minimum absolute atomic E-state index is 0. The summed E-state index contributed by atoms with van der Waals surface area (Å²) in [5, 5.41) is 16.2. The maximum Gasteiger partial charge on any atom is 0.191 e. The van der Waals surface area contributed by atoms with Crippen LogP contribution in [0.4, 0.5) is 0 Å². The van der Waals surface area contributed by atoms with E-state index < -0.39 is 0 Å². The Hall–Kier alpha value is -1.75. The highest BCUT2D eigenvalue weighted by Crippen LogP contribution is 2.16. The maximum absolute atomic E-state index is 4.45. The van der Waals surface area contributed by atoms with Crippen LogP contribution < -0.4 is 10.6 Å². The number of fused-ring (bicyclic) bond motifs is 1. The summed E-state index contributed by atoms with van der Waals surface area (Å²) < 4.78 is 2.03. The van der Waals surface area contributed by atoms with Crippen LogP contribution in [0.1, 0.15) is 27.8 Å². The second kappa shape index (κ2) is 9.81. The van der Waals surface area contributed by atoms with Gasteiger partial charge in [-0.15, -0.1) is 45.5 Å². The van der Waals surface area contributed by atoms with Gasteiger partial charge in [-0.25, -0.2) is 4.98 Å². The third-order valence-electron chi connectivity index (χ3n) is 3.89. The smallest absolute Gasteiger partial charge is 0.191 e. The van der Waals surface area contributed by atoms with Crippen molar-refractivity contribution in [3.05, 3.63) is 45.8 Å². The van der Waals surface area contributed by atoms with E-state index in [0.717, 1.165) is 54.1 Å². The van der Waals surface area contributed by atoms with Crippen LogP contribution in [0.5, 0.6) is 0 Å². The van der Waals surface area contributed by atoms with E-state index in [9.17, 15) is 0 Å². The Morgan fingerprint density at radius 2 is 2.08 bits per heavy atom. The lowest BCUT2D eigenvalue weighted by atomic mass is 10.3. The first-order chi connectivity index (χ1) is 12.2. The first-order valence-corrected chi connectivity index (χ1v) is 9.15. The van der Waals surface area contributed by atoms with Crippen molar-refractivity contribution in [2.45, 2.75) is 33.2 Å². The SMILES string of the molecule is CN=C(NCCCc1nnc2ccccn12)NCc1sc(C)nc1C.I. The molecule has 0 saturated heterocycles. The lowest BCUT2D eigenvalue weighted by molar-refractivity contribution is 0.714. The van der Waals surface area contributed by atoms with Gasteiger partial charge in [-0.3, -0.25) is 9.39 Å². The fourth-order valence-electron chi connectivity index (χ4n) is 2.64. The molecular formula is C17H24IN7S. The van der Waals surface area contributed by atoms with E-state index in [2.05, 4.69) is 30.8 Å². The number of hydrogen-bond acceptors (Lipinski definition) is 5. The van der Waals surface area contributed by atoms with Crippen molar-refractivity contribution in [2.24, 2.45) is 4.99 Å². The third kappa shape index (κ3) is 5.13. The molecule has 0 aliphatic rings. The molecule has 0 bridgehead atoms. The van der Waals surface area contributed by atoms with Gasteiger partial charge in [0.2, 0.25) is 0 Å². The Morgan fingerprint density at radius 1 is 1.23 bits per heavy atom. The molecule has 0 atom stereocenters. The van der Waals surface area contributed by atoms with Crippen LogP contribution in [0, 0.1) is 13.8 Å². The summed E-state index contributed by atoms with van der Waals surface area (Å²) in [4.78, 5) is 9.96. The average Bonchev–Trinajstić information content (AvgIpc) is 3.17. The highest BCUT2D eigenvalue weighted by molar-refractivity contribution is 14.0. The summed E-state index contributed by atoms with van der Waals surface area (Å²) in [6, 6.07) is 5.92. The van der Waals surface area contributed by atoms with Crippen molar-refractivity contribution >= 4 is 46.9 Å². The summed E-state index contributed by atoms with van der Waals surface area (Å²) in [5.74, 6) is 1.78. The molecule has 0 unspecified atom stereocenters. The fourth-order valence-corrected chi connectivity index (χ4v) is 3.51. The van der Waals surface area contributed by atoms with Crippen LogP contribution in [0.25, 0.3) is 5.65 Å². The molecule has 7 nitrogen and oxygen atoms in total. The Labute approximate surface area is 174 Å². The number of hydrogen-bond donors (Lipinski definition) is 2. The zero-order chi connectivity index (χ0) is 17.6. The molecule has 0 aromatic carbocycles. The summed E-state index contributed by atoms with van der Waals surface area (Å²) in [5.41, 5.74) is 1.97. The lowest BCUT2D eigenvalue weighted by Gasteiger charge is -2.11. The zero-order valence-corrected chi connectivity index (χ0v) is 18.3. The van der Waals surface area contributed by atoms with Gasteiger partial charge in [-0.1, -0.05) is 6.07 Å². The number of aliphatic imine (C=N–C) groups is 1. The topological polar surface area (TPSA) is 79.5 Å². The van der Waals surface area contributed by atoms with Gasteiger partial charge < -0.3 is 10.6 Å². The molecular weight excluding hydrogens is 461 g/mol. The summed E-state index contributed by atoms with van der Waals surface area (Å²) in [6.45, 7) is 5.63. The number of nitrogens with one attached hydrogen (secondary N) is 2. The van der Waals surface area contributed by atoms with Gasteiger partial charge in [-0.2, -0.15) is 0 Å². The molecule has 0 fully saturated rings. The number of halogens is 1. The largest absolute Gasteiger partial charge is 0.356 e. The maximum atomic E-state index is 4.45. The highest BCUT2D eigenvalue weighted by Gasteiger charge is 2.07. The quantitative estimate of drug-likeness (QED) is 0.243.